The third-order valence-electron chi connectivity index (χ3n) is 4.05. The van der Waals surface area contributed by atoms with E-state index in [1.54, 1.807) is 11.3 Å². The van der Waals surface area contributed by atoms with Crippen LogP contribution >= 0.6 is 11.3 Å². The van der Waals surface area contributed by atoms with Gasteiger partial charge in [-0.3, -0.25) is 9.69 Å². The normalized spacial score (nSPS) is 15.6. The van der Waals surface area contributed by atoms with E-state index in [1.165, 1.54) is 24.8 Å². The first kappa shape index (κ1) is 15.3. The first-order chi connectivity index (χ1) is 10.8. The van der Waals surface area contributed by atoms with Gasteiger partial charge in [-0.15, -0.1) is 11.3 Å². The molecule has 0 saturated carbocycles. The van der Waals surface area contributed by atoms with Gasteiger partial charge in [0.25, 0.3) is 0 Å². The molecule has 0 atom stereocenters. The minimum absolute atomic E-state index is 0.0635. The lowest BCUT2D eigenvalue weighted by molar-refractivity contribution is -0.115. The SMILES string of the molecule is O=C(Cc1cccs1)Nc1ccccc1CN1CCCCC1. The monoisotopic (exact) mass is 314 g/mol. The molecule has 1 aromatic carbocycles. The zero-order valence-corrected chi connectivity index (χ0v) is 13.6. The molecule has 22 heavy (non-hydrogen) atoms. The highest BCUT2D eigenvalue weighted by Crippen LogP contribution is 2.20. The van der Waals surface area contributed by atoms with Gasteiger partial charge in [0.15, 0.2) is 0 Å². The first-order valence-corrected chi connectivity index (χ1v) is 8.82. The fourth-order valence-electron chi connectivity index (χ4n) is 2.90. The van der Waals surface area contributed by atoms with E-state index in [4.69, 9.17) is 0 Å². The maximum absolute atomic E-state index is 12.2. The molecule has 0 radical (unpaired) electrons. The fraction of sp³-hybridized carbons (Fsp3) is 0.389. The van der Waals surface area contributed by atoms with Crippen LogP contribution < -0.4 is 5.32 Å². The number of hydrogen-bond acceptors (Lipinski definition) is 3. The Bertz CT molecular complexity index is 603. The molecular formula is C18H22N2OS. The van der Waals surface area contributed by atoms with Gasteiger partial charge in [-0.25, -0.2) is 0 Å². The number of likely N-dealkylation sites (tertiary alicyclic amines) is 1. The number of amides is 1. The van der Waals surface area contributed by atoms with Gasteiger partial charge in [-0.05, 0) is 49.0 Å². The van der Waals surface area contributed by atoms with Crippen LogP contribution in [-0.4, -0.2) is 23.9 Å². The average Bonchev–Trinajstić information content (AvgIpc) is 3.03. The Morgan fingerprint density at radius 1 is 1.09 bits per heavy atom. The number of hydrogen-bond donors (Lipinski definition) is 1. The molecule has 0 unspecified atom stereocenters. The van der Waals surface area contributed by atoms with Gasteiger partial charge in [-0.1, -0.05) is 30.7 Å². The number of thiophene rings is 1. The van der Waals surface area contributed by atoms with Crippen LogP contribution in [0.1, 0.15) is 29.7 Å². The summed E-state index contributed by atoms with van der Waals surface area (Å²) in [5.41, 5.74) is 2.17. The molecular weight excluding hydrogens is 292 g/mol. The summed E-state index contributed by atoms with van der Waals surface area (Å²) in [5, 5.41) is 5.09. The van der Waals surface area contributed by atoms with E-state index in [9.17, 15) is 4.79 Å². The van der Waals surface area contributed by atoms with Gasteiger partial charge in [0.05, 0.1) is 6.42 Å². The minimum atomic E-state index is 0.0635. The van der Waals surface area contributed by atoms with Gasteiger partial charge >= 0.3 is 0 Å². The van der Waals surface area contributed by atoms with Crippen molar-refractivity contribution in [2.75, 3.05) is 18.4 Å². The lowest BCUT2D eigenvalue weighted by Crippen LogP contribution is -2.29. The maximum atomic E-state index is 12.2. The molecule has 0 aliphatic carbocycles. The smallest absolute Gasteiger partial charge is 0.229 e. The Morgan fingerprint density at radius 3 is 2.68 bits per heavy atom. The standard InChI is InChI=1S/C18H22N2OS/c21-18(13-16-8-6-12-22-16)19-17-9-3-2-7-15(17)14-20-10-4-1-5-11-20/h2-3,6-9,12H,1,4-5,10-11,13-14H2,(H,19,21). The second kappa shape index (κ2) is 7.56. The third kappa shape index (κ3) is 4.18. The molecule has 3 rings (SSSR count). The van der Waals surface area contributed by atoms with Crippen molar-refractivity contribution in [2.24, 2.45) is 0 Å². The Hall–Kier alpha value is -1.65. The summed E-state index contributed by atoms with van der Waals surface area (Å²) < 4.78 is 0. The van der Waals surface area contributed by atoms with Crippen LogP contribution in [0.2, 0.25) is 0 Å². The number of benzene rings is 1. The molecule has 1 amide bonds. The number of rotatable bonds is 5. The van der Waals surface area contributed by atoms with Crippen molar-refractivity contribution in [3.63, 3.8) is 0 Å². The Balaban J connectivity index is 1.64. The molecule has 116 valence electrons. The Labute approximate surface area is 136 Å². The van der Waals surface area contributed by atoms with Crippen molar-refractivity contribution in [1.82, 2.24) is 4.90 Å². The van der Waals surface area contributed by atoms with Crippen molar-refractivity contribution < 1.29 is 4.79 Å². The predicted molar refractivity (Wildman–Crippen MR) is 92.2 cm³/mol. The largest absolute Gasteiger partial charge is 0.325 e. The highest BCUT2D eigenvalue weighted by atomic mass is 32.1. The zero-order chi connectivity index (χ0) is 15.2. The van der Waals surface area contributed by atoms with E-state index in [0.717, 1.165) is 30.2 Å². The van der Waals surface area contributed by atoms with E-state index in [-0.39, 0.29) is 5.91 Å². The molecule has 4 heteroatoms. The van der Waals surface area contributed by atoms with Gasteiger partial charge < -0.3 is 5.32 Å². The average molecular weight is 314 g/mol. The van der Waals surface area contributed by atoms with Crippen LogP contribution in [0.15, 0.2) is 41.8 Å². The number of para-hydroxylation sites is 1. The highest BCUT2D eigenvalue weighted by molar-refractivity contribution is 7.10. The number of carbonyl (C=O) groups is 1. The summed E-state index contributed by atoms with van der Waals surface area (Å²) in [6.45, 7) is 3.25. The molecule has 2 aromatic rings. The highest BCUT2D eigenvalue weighted by Gasteiger charge is 2.13. The number of carbonyl (C=O) groups excluding carboxylic acids is 1. The fourth-order valence-corrected chi connectivity index (χ4v) is 3.61. The zero-order valence-electron chi connectivity index (χ0n) is 12.8. The summed E-state index contributed by atoms with van der Waals surface area (Å²) in [7, 11) is 0. The molecule has 1 aliphatic heterocycles. The molecule has 3 nitrogen and oxygen atoms in total. The summed E-state index contributed by atoms with van der Waals surface area (Å²) in [5.74, 6) is 0.0635. The van der Waals surface area contributed by atoms with Crippen molar-refractivity contribution >= 4 is 22.9 Å². The van der Waals surface area contributed by atoms with Crippen LogP contribution in [0.5, 0.6) is 0 Å². The van der Waals surface area contributed by atoms with Crippen LogP contribution in [0.4, 0.5) is 5.69 Å². The molecule has 2 heterocycles. The van der Waals surface area contributed by atoms with Crippen LogP contribution in [0.3, 0.4) is 0 Å². The molecule has 1 saturated heterocycles. The predicted octanol–water partition coefficient (Wildman–Crippen LogP) is 3.92. The number of piperidine rings is 1. The van der Waals surface area contributed by atoms with Gasteiger partial charge in [0.1, 0.15) is 0 Å². The number of nitrogens with one attached hydrogen (secondary N) is 1. The van der Waals surface area contributed by atoms with E-state index in [1.807, 2.05) is 35.7 Å². The van der Waals surface area contributed by atoms with Crippen LogP contribution in [-0.2, 0) is 17.8 Å². The Kier molecular flexibility index (Phi) is 5.24. The van der Waals surface area contributed by atoms with Gasteiger partial charge in [-0.2, -0.15) is 0 Å². The van der Waals surface area contributed by atoms with Crippen molar-refractivity contribution in [1.29, 1.82) is 0 Å². The van der Waals surface area contributed by atoms with Crippen LogP contribution in [0, 0.1) is 0 Å². The summed E-state index contributed by atoms with van der Waals surface area (Å²) in [4.78, 5) is 15.8. The molecule has 1 aromatic heterocycles. The second-order valence-electron chi connectivity index (χ2n) is 5.80. The number of anilines is 1. The van der Waals surface area contributed by atoms with Crippen molar-refractivity contribution in [3.8, 4) is 0 Å². The lowest BCUT2D eigenvalue weighted by atomic mass is 10.1. The maximum Gasteiger partial charge on any atom is 0.229 e. The van der Waals surface area contributed by atoms with E-state index in [0.29, 0.717) is 6.42 Å². The molecule has 0 bridgehead atoms. The Morgan fingerprint density at radius 2 is 1.91 bits per heavy atom. The first-order valence-electron chi connectivity index (χ1n) is 7.94. The molecule has 1 fully saturated rings. The lowest BCUT2D eigenvalue weighted by Gasteiger charge is -2.27. The van der Waals surface area contributed by atoms with E-state index >= 15 is 0 Å². The topological polar surface area (TPSA) is 32.3 Å². The van der Waals surface area contributed by atoms with Crippen molar-refractivity contribution in [3.05, 3.63) is 52.2 Å². The number of nitrogens with zero attached hydrogens (tertiary/aromatic N) is 1. The molecule has 1 aliphatic rings. The summed E-state index contributed by atoms with van der Waals surface area (Å²) >= 11 is 1.63. The third-order valence-corrected chi connectivity index (χ3v) is 4.93. The van der Waals surface area contributed by atoms with Crippen LogP contribution in [0.25, 0.3) is 0 Å². The van der Waals surface area contributed by atoms with Gasteiger partial charge in [0.2, 0.25) is 5.91 Å². The molecule has 0 spiro atoms. The van der Waals surface area contributed by atoms with E-state index in [2.05, 4.69) is 16.3 Å². The summed E-state index contributed by atoms with van der Waals surface area (Å²) in [6.07, 6.45) is 4.37. The van der Waals surface area contributed by atoms with Crippen molar-refractivity contribution in [2.45, 2.75) is 32.2 Å². The second-order valence-corrected chi connectivity index (χ2v) is 6.83. The van der Waals surface area contributed by atoms with E-state index < -0.39 is 0 Å². The molecule has 1 N–H and O–H groups in total. The van der Waals surface area contributed by atoms with Gasteiger partial charge in [0, 0.05) is 17.1 Å². The quantitative estimate of drug-likeness (QED) is 0.907. The minimum Gasteiger partial charge on any atom is -0.325 e. The summed E-state index contributed by atoms with van der Waals surface area (Å²) in [6, 6.07) is 12.1.